The van der Waals surface area contributed by atoms with Gasteiger partial charge < -0.3 is 31.9 Å². The predicted molar refractivity (Wildman–Crippen MR) is 267 cm³/mol. The highest BCUT2D eigenvalue weighted by Crippen LogP contribution is 2.28. The molecule has 0 bridgehead atoms. The minimum Gasteiger partial charge on any atom is -0.322 e. The van der Waals surface area contributed by atoms with Crippen molar-refractivity contribution < 1.29 is 67.7 Å². The molecule has 7 rings (SSSR count). The molecule has 7 aromatic rings. The minimum atomic E-state index is -5.20. The first kappa shape index (κ1) is 51.9. The van der Waals surface area contributed by atoms with Gasteiger partial charge in [0.05, 0.1) is 16.3 Å². The molecular formula is C49H38N6O15S3. The van der Waals surface area contributed by atoms with Gasteiger partial charge in [0.2, 0.25) is 0 Å². The van der Waals surface area contributed by atoms with Gasteiger partial charge in [-0.1, -0.05) is 48.0 Å². The van der Waals surface area contributed by atoms with Crippen LogP contribution in [0.1, 0.15) is 67.7 Å². The maximum absolute atomic E-state index is 13.7. The second kappa shape index (κ2) is 21.2. The third-order valence-corrected chi connectivity index (χ3v) is 13.0. The van der Waals surface area contributed by atoms with Crippen LogP contribution in [0.4, 0.5) is 34.1 Å². The second-order valence-corrected chi connectivity index (χ2v) is 19.9. The number of hydrogen-bond donors (Lipinski definition) is 9. The van der Waals surface area contributed by atoms with Crippen LogP contribution in [-0.4, -0.2) is 74.4 Å². The van der Waals surface area contributed by atoms with E-state index in [0.29, 0.717) is 17.4 Å². The highest BCUT2D eigenvalue weighted by molar-refractivity contribution is 7.87. The molecule has 7 aromatic carbocycles. The molecule has 0 saturated carbocycles. The maximum Gasteiger partial charge on any atom is 0.296 e. The largest absolute Gasteiger partial charge is 0.322 e. The molecule has 24 heteroatoms. The summed E-state index contributed by atoms with van der Waals surface area (Å²) in [5.74, 6) is -5.04. The normalized spacial score (nSPS) is 11.4. The quantitative estimate of drug-likeness (QED) is 0.0457. The molecule has 0 spiro atoms. The predicted octanol–water partition coefficient (Wildman–Crippen LogP) is 7.25. The second-order valence-electron chi connectivity index (χ2n) is 15.7. The third kappa shape index (κ3) is 13.3. The average Bonchev–Trinajstić information content (AvgIpc) is 3.34. The summed E-state index contributed by atoms with van der Waals surface area (Å²) in [4.78, 5) is 78.9. The summed E-state index contributed by atoms with van der Waals surface area (Å²) in [6, 6.07) is 34.1. The molecule has 0 heterocycles. The molecule has 0 aliphatic carbocycles. The molecule has 0 atom stereocenters. The van der Waals surface area contributed by atoms with Gasteiger partial charge in [0, 0.05) is 56.1 Å². The lowest BCUT2D eigenvalue weighted by Crippen LogP contribution is -2.19. The van der Waals surface area contributed by atoms with Crippen LogP contribution in [0.2, 0.25) is 0 Å². The number of para-hydroxylation sites is 2. The Bertz CT molecular complexity index is 3720. The van der Waals surface area contributed by atoms with Crippen molar-refractivity contribution in [1.29, 1.82) is 0 Å². The Kier molecular flexibility index (Phi) is 15.1. The number of rotatable bonds is 15. The van der Waals surface area contributed by atoms with Crippen LogP contribution in [0, 0.1) is 6.92 Å². The molecule has 0 aromatic heterocycles. The van der Waals surface area contributed by atoms with Gasteiger partial charge in [-0.05, 0) is 122 Å². The molecule has 0 saturated heterocycles. The molecule has 0 fully saturated rings. The molecule has 6 amide bonds. The van der Waals surface area contributed by atoms with E-state index in [1.807, 2.05) is 6.92 Å². The molecule has 0 radical (unpaired) electrons. The number of nitrogens with one attached hydrogen (secondary N) is 6. The topological polar surface area (TPSA) is 338 Å². The lowest BCUT2D eigenvalue weighted by Gasteiger charge is -2.14. The maximum atomic E-state index is 13.7. The Balaban J connectivity index is 1.14. The van der Waals surface area contributed by atoms with E-state index in [1.165, 1.54) is 66.7 Å². The number of carbonyl (C=O) groups excluding carboxylic acids is 6. The van der Waals surface area contributed by atoms with E-state index in [-0.39, 0.29) is 50.4 Å². The first-order valence-corrected chi connectivity index (χ1v) is 25.3. The SMILES string of the molecule is Cc1ccc(NC(=O)c2cc(NC(=O)c3ccc(C(=O)Nc4cc(C(=O)Nc5ccccc5)cc(C(=O)Nc5ccccc5S(=O)(=O)O)c4)cc3)cc(C(=O)Nc3ccc(S(=O)(=O)O)cc3S(=O)(=O)O)c2)cc1. The third-order valence-electron chi connectivity index (χ3n) is 10.4. The van der Waals surface area contributed by atoms with Crippen molar-refractivity contribution in [3.8, 4) is 0 Å². The fourth-order valence-corrected chi connectivity index (χ4v) is 8.73. The molecule has 21 nitrogen and oxygen atoms in total. The van der Waals surface area contributed by atoms with Crippen LogP contribution in [0.25, 0.3) is 0 Å². The van der Waals surface area contributed by atoms with E-state index in [1.54, 1.807) is 54.6 Å². The zero-order valence-electron chi connectivity index (χ0n) is 37.5. The highest BCUT2D eigenvalue weighted by atomic mass is 32.2. The summed E-state index contributed by atoms with van der Waals surface area (Å²) in [6.45, 7) is 1.83. The summed E-state index contributed by atoms with van der Waals surface area (Å²) in [5.41, 5.74) is -0.319. The van der Waals surface area contributed by atoms with Gasteiger partial charge in [0.25, 0.3) is 65.8 Å². The van der Waals surface area contributed by atoms with E-state index in [4.69, 9.17) is 0 Å². The summed E-state index contributed by atoms with van der Waals surface area (Å²) < 4.78 is 101. The van der Waals surface area contributed by atoms with Crippen molar-refractivity contribution in [2.24, 2.45) is 0 Å². The van der Waals surface area contributed by atoms with Crippen molar-refractivity contribution in [2.45, 2.75) is 21.6 Å². The Labute approximate surface area is 415 Å². The number of aryl methyl sites for hydroxylation is 1. The van der Waals surface area contributed by atoms with E-state index < -0.39 is 86.2 Å². The summed E-state index contributed by atoms with van der Waals surface area (Å²) in [6.07, 6.45) is 0. The van der Waals surface area contributed by atoms with Gasteiger partial charge in [-0.3, -0.25) is 42.4 Å². The van der Waals surface area contributed by atoms with Gasteiger partial charge in [0.15, 0.2) is 0 Å². The van der Waals surface area contributed by atoms with Crippen molar-refractivity contribution in [3.63, 3.8) is 0 Å². The molecule has 9 N–H and O–H groups in total. The molecule has 372 valence electrons. The number of amides is 6. The summed E-state index contributed by atoms with van der Waals surface area (Å²) in [5, 5.41) is 15.1. The zero-order valence-corrected chi connectivity index (χ0v) is 39.9. The van der Waals surface area contributed by atoms with Crippen molar-refractivity contribution in [2.75, 3.05) is 31.9 Å². The van der Waals surface area contributed by atoms with Crippen LogP contribution in [0.3, 0.4) is 0 Å². The van der Waals surface area contributed by atoms with Crippen LogP contribution in [0.5, 0.6) is 0 Å². The Morgan fingerprint density at radius 1 is 0.329 bits per heavy atom. The molecule has 0 unspecified atom stereocenters. The smallest absolute Gasteiger partial charge is 0.296 e. The fourth-order valence-electron chi connectivity index (χ4n) is 6.83. The van der Waals surface area contributed by atoms with Crippen molar-refractivity contribution in [3.05, 3.63) is 197 Å². The van der Waals surface area contributed by atoms with Crippen molar-refractivity contribution >= 4 is 99.9 Å². The van der Waals surface area contributed by atoms with Crippen LogP contribution in [-0.2, 0) is 30.4 Å². The van der Waals surface area contributed by atoms with Crippen molar-refractivity contribution in [1.82, 2.24) is 0 Å². The van der Waals surface area contributed by atoms with Crippen LogP contribution in [0.15, 0.2) is 172 Å². The van der Waals surface area contributed by atoms with E-state index in [2.05, 4.69) is 31.9 Å². The Morgan fingerprint density at radius 2 is 0.699 bits per heavy atom. The number of hydrogen-bond acceptors (Lipinski definition) is 12. The minimum absolute atomic E-state index is 0.0219. The number of benzene rings is 7. The molecule has 73 heavy (non-hydrogen) atoms. The first-order valence-electron chi connectivity index (χ1n) is 21.0. The van der Waals surface area contributed by atoms with E-state index in [0.717, 1.165) is 35.9 Å². The van der Waals surface area contributed by atoms with Gasteiger partial charge >= 0.3 is 0 Å². The molecular weight excluding hydrogens is 1010 g/mol. The number of carbonyl (C=O) groups is 6. The van der Waals surface area contributed by atoms with Crippen LogP contribution >= 0.6 is 0 Å². The monoisotopic (exact) mass is 1050 g/mol. The van der Waals surface area contributed by atoms with Gasteiger partial charge in [0.1, 0.15) is 9.79 Å². The first-order chi connectivity index (χ1) is 34.4. The van der Waals surface area contributed by atoms with E-state index >= 15 is 0 Å². The Morgan fingerprint density at radius 3 is 1.14 bits per heavy atom. The van der Waals surface area contributed by atoms with Crippen LogP contribution < -0.4 is 31.9 Å². The lowest BCUT2D eigenvalue weighted by molar-refractivity contribution is 0.101. The summed E-state index contributed by atoms with van der Waals surface area (Å²) in [7, 11) is -14.9. The lowest BCUT2D eigenvalue weighted by atomic mass is 10.1. The fraction of sp³-hybridized carbons (Fsp3) is 0.0204. The van der Waals surface area contributed by atoms with Gasteiger partial charge in [-0.2, -0.15) is 25.3 Å². The standard InChI is InChI=1S/C49H38N6O15S3/c1-28-11-17-36(18-12-28)51-47(59)32-22-34(49(61)55-41-20-19-39(71(62,63)64)27-43(41)73(68,69)70)26-38(24-32)53-45(57)30-15-13-29(14-16-30)44(56)52-37-23-31(46(58)50-35-7-3-2-4-8-35)21-33(25-37)48(60)54-40-9-5-6-10-42(40)72(65,66)67/h2-27H,1H3,(H,50,58)(H,51,59)(H,52,56)(H,53,57)(H,54,60)(H,55,61)(H,62,63,64)(H,65,66,67)(H,68,69,70). The summed E-state index contributed by atoms with van der Waals surface area (Å²) >= 11 is 0. The Hall–Kier alpha value is -8.91. The van der Waals surface area contributed by atoms with Gasteiger partial charge in [-0.15, -0.1) is 0 Å². The zero-order chi connectivity index (χ0) is 52.8. The highest BCUT2D eigenvalue weighted by Gasteiger charge is 2.24. The molecule has 0 aliphatic heterocycles. The average molecular weight is 1050 g/mol. The molecule has 0 aliphatic rings. The number of anilines is 6. The van der Waals surface area contributed by atoms with E-state index in [9.17, 15) is 67.7 Å². The van der Waals surface area contributed by atoms with Gasteiger partial charge in [-0.25, -0.2) is 0 Å².